The van der Waals surface area contributed by atoms with E-state index in [-0.39, 0.29) is 5.56 Å². The highest BCUT2D eigenvalue weighted by Gasteiger charge is 2.18. The molecule has 0 fully saturated rings. The van der Waals surface area contributed by atoms with Crippen LogP contribution in [-0.2, 0) is 25.9 Å². The Bertz CT molecular complexity index is 1370. The largest absolute Gasteiger partial charge is 0.324 e. The quantitative estimate of drug-likeness (QED) is 0.460. The minimum atomic E-state index is -0.170. The summed E-state index contributed by atoms with van der Waals surface area (Å²) < 4.78 is 3.34. The van der Waals surface area contributed by atoms with Crippen LogP contribution >= 0.6 is 0 Å². The van der Waals surface area contributed by atoms with Gasteiger partial charge in [0.05, 0.1) is 6.54 Å². The highest BCUT2D eigenvalue weighted by molar-refractivity contribution is 5.77. The predicted octanol–water partition coefficient (Wildman–Crippen LogP) is 3.11. The van der Waals surface area contributed by atoms with Crippen LogP contribution in [-0.4, -0.2) is 30.9 Å². The number of nitrogens with one attached hydrogen (secondary N) is 2. The zero-order valence-corrected chi connectivity index (χ0v) is 18.0. The molecule has 162 valence electrons. The van der Waals surface area contributed by atoms with Crippen LogP contribution < -0.4 is 16.2 Å². The monoisotopic (exact) mass is 427 g/mol. The second-order valence-corrected chi connectivity index (χ2v) is 7.79. The van der Waals surface area contributed by atoms with E-state index in [2.05, 4.69) is 41.3 Å². The van der Waals surface area contributed by atoms with Gasteiger partial charge >= 0.3 is 0 Å². The summed E-state index contributed by atoms with van der Waals surface area (Å²) in [5, 5.41) is 7.13. The van der Waals surface area contributed by atoms with Crippen LogP contribution in [0.1, 0.15) is 23.7 Å². The van der Waals surface area contributed by atoms with Crippen LogP contribution in [0.15, 0.2) is 60.0 Å². The third-order valence-corrected chi connectivity index (χ3v) is 5.70. The van der Waals surface area contributed by atoms with Crippen LogP contribution in [0, 0.1) is 0 Å². The molecule has 0 saturated heterocycles. The van der Waals surface area contributed by atoms with Gasteiger partial charge < -0.3 is 10.6 Å². The molecule has 1 aromatic carbocycles. The molecule has 8 nitrogen and oxygen atoms in total. The van der Waals surface area contributed by atoms with Gasteiger partial charge in [0.15, 0.2) is 11.5 Å². The first-order valence-electron chi connectivity index (χ1n) is 10.8. The van der Waals surface area contributed by atoms with Gasteiger partial charge in [-0.2, -0.15) is 4.98 Å². The number of anilines is 2. The fourth-order valence-corrected chi connectivity index (χ4v) is 4.07. The van der Waals surface area contributed by atoms with E-state index in [9.17, 15) is 4.79 Å². The van der Waals surface area contributed by atoms with Crippen LogP contribution in [0.4, 0.5) is 11.6 Å². The molecule has 3 aromatic heterocycles. The van der Waals surface area contributed by atoms with Crippen molar-refractivity contribution in [2.45, 2.75) is 32.9 Å². The summed E-state index contributed by atoms with van der Waals surface area (Å²) in [5.74, 6) is 1.08. The SMILES string of the molecule is C=CCn1c(=O)c2cnc(Nc3ccc4c(c3)CCNC4)nc2n1-c1cccc(CC)n1. The average molecular weight is 428 g/mol. The highest BCUT2D eigenvalue weighted by Crippen LogP contribution is 2.22. The number of pyridine rings is 1. The van der Waals surface area contributed by atoms with E-state index in [1.807, 2.05) is 24.3 Å². The summed E-state index contributed by atoms with van der Waals surface area (Å²) >= 11 is 0. The number of hydrogen-bond acceptors (Lipinski definition) is 6. The summed E-state index contributed by atoms with van der Waals surface area (Å²) in [5.41, 5.74) is 4.85. The molecule has 4 heterocycles. The lowest BCUT2D eigenvalue weighted by Crippen LogP contribution is -2.23. The van der Waals surface area contributed by atoms with E-state index in [0.717, 1.165) is 37.3 Å². The maximum absolute atomic E-state index is 13.1. The van der Waals surface area contributed by atoms with Crippen LogP contribution in [0.2, 0.25) is 0 Å². The molecule has 0 amide bonds. The van der Waals surface area contributed by atoms with Gasteiger partial charge in [0, 0.05) is 24.1 Å². The fourth-order valence-electron chi connectivity index (χ4n) is 4.07. The van der Waals surface area contributed by atoms with Gasteiger partial charge in [-0.3, -0.25) is 4.79 Å². The number of fused-ring (bicyclic) bond motifs is 2. The predicted molar refractivity (Wildman–Crippen MR) is 126 cm³/mol. The zero-order chi connectivity index (χ0) is 22.1. The van der Waals surface area contributed by atoms with Crippen LogP contribution in [0.25, 0.3) is 16.9 Å². The van der Waals surface area contributed by atoms with Crippen molar-refractivity contribution in [3.63, 3.8) is 0 Å². The third kappa shape index (κ3) is 3.58. The lowest BCUT2D eigenvalue weighted by atomic mass is 10.0. The molecule has 0 bridgehead atoms. The first-order valence-corrected chi connectivity index (χ1v) is 10.8. The minimum Gasteiger partial charge on any atom is -0.324 e. The second-order valence-electron chi connectivity index (χ2n) is 7.79. The normalized spacial score (nSPS) is 13.2. The molecule has 32 heavy (non-hydrogen) atoms. The summed E-state index contributed by atoms with van der Waals surface area (Å²) in [6, 6.07) is 12.1. The molecule has 5 rings (SSSR count). The Kier molecular flexibility index (Phi) is 5.28. The summed E-state index contributed by atoms with van der Waals surface area (Å²) in [6.45, 7) is 8.06. The molecule has 1 aliphatic rings. The molecular formula is C24H25N7O. The molecule has 0 radical (unpaired) electrons. The molecule has 0 spiro atoms. The Morgan fingerprint density at radius 1 is 1.22 bits per heavy atom. The summed E-state index contributed by atoms with van der Waals surface area (Å²) in [7, 11) is 0. The number of benzene rings is 1. The van der Waals surface area contributed by atoms with Crippen molar-refractivity contribution in [1.82, 2.24) is 29.6 Å². The molecule has 0 unspecified atom stereocenters. The summed E-state index contributed by atoms with van der Waals surface area (Å²) in [4.78, 5) is 26.9. The van der Waals surface area contributed by atoms with Crippen molar-refractivity contribution in [2.75, 3.05) is 11.9 Å². The third-order valence-electron chi connectivity index (χ3n) is 5.70. The molecular weight excluding hydrogens is 402 g/mol. The zero-order valence-electron chi connectivity index (χ0n) is 18.0. The number of nitrogens with zero attached hydrogens (tertiary/aromatic N) is 5. The van der Waals surface area contributed by atoms with Crippen molar-refractivity contribution in [3.05, 3.63) is 82.4 Å². The minimum absolute atomic E-state index is 0.170. The lowest BCUT2D eigenvalue weighted by molar-refractivity contribution is 0.596. The topological polar surface area (TPSA) is 89.7 Å². The molecule has 8 heteroatoms. The molecule has 4 aromatic rings. The van der Waals surface area contributed by atoms with Gasteiger partial charge in [0.1, 0.15) is 5.39 Å². The van der Waals surface area contributed by atoms with Crippen molar-refractivity contribution in [2.24, 2.45) is 0 Å². The molecule has 0 atom stereocenters. The number of allylic oxidation sites excluding steroid dienone is 1. The maximum Gasteiger partial charge on any atom is 0.278 e. The van der Waals surface area contributed by atoms with E-state index in [1.165, 1.54) is 11.1 Å². The molecule has 0 saturated carbocycles. The Balaban J connectivity index is 1.61. The smallest absolute Gasteiger partial charge is 0.278 e. The first kappa shape index (κ1) is 20.1. The number of rotatable bonds is 6. The average Bonchev–Trinajstić information content (AvgIpc) is 3.10. The molecule has 2 N–H and O–H groups in total. The lowest BCUT2D eigenvalue weighted by Gasteiger charge is -2.18. The Hall–Kier alpha value is -3.78. The van der Waals surface area contributed by atoms with Crippen molar-refractivity contribution in [1.29, 1.82) is 0 Å². The standard InChI is InChI=1S/C24H25N7O/c1-3-12-30-23(32)20-15-26-24(28-19-9-8-17-14-25-11-10-16(17)13-19)29-22(20)31(30)21-7-5-6-18(4-2)27-21/h3,5-9,13,15,25H,1,4,10-12,14H2,2H3,(H,26,28,29). The Morgan fingerprint density at radius 3 is 2.97 bits per heavy atom. The van der Waals surface area contributed by atoms with Gasteiger partial charge in [0.25, 0.3) is 5.56 Å². The number of aryl methyl sites for hydroxylation is 1. The van der Waals surface area contributed by atoms with Gasteiger partial charge in [-0.05, 0) is 54.8 Å². The van der Waals surface area contributed by atoms with Crippen LogP contribution in [0.5, 0.6) is 0 Å². The second kappa shape index (κ2) is 8.39. The summed E-state index contributed by atoms with van der Waals surface area (Å²) in [6.07, 6.45) is 5.06. The first-order chi connectivity index (χ1) is 15.7. The van der Waals surface area contributed by atoms with E-state index < -0.39 is 0 Å². The maximum atomic E-state index is 13.1. The van der Waals surface area contributed by atoms with Gasteiger partial charge in [-0.25, -0.2) is 19.3 Å². The Labute approximate surface area is 185 Å². The van der Waals surface area contributed by atoms with Gasteiger partial charge in [-0.1, -0.05) is 25.1 Å². The van der Waals surface area contributed by atoms with E-state index >= 15 is 0 Å². The van der Waals surface area contributed by atoms with Gasteiger partial charge in [0.2, 0.25) is 5.95 Å². The Morgan fingerprint density at radius 2 is 2.12 bits per heavy atom. The highest BCUT2D eigenvalue weighted by atomic mass is 16.1. The van der Waals surface area contributed by atoms with E-state index in [4.69, 9.17) is 9.97 Å². The molecule has 1 aliphatic heterocycles. The van der Waals surface area contributed by atoms with Crippen molar-refractivity contribution >= 4 is 22.7 Å². The molecule has 0 aliphatic carbocycles. The number of hydrogen-bond donors (Lipinski definition) is 2. The van der Waals surface area contributed by atoms with Crippen LogP contribution in [0.3, 0.4) is 0 Å². The van der Waals surface area contributed by atoms with E-state index in [1.54, 1.807) is 21.6 Å². The number of aromatic nitrogens is 5. The van der Waals surface area contributed by atoms with Crippen molar-refractivity contribution in [3.8, 4) is 5.82 Å². The fraction of sp³-hybridized carbons (Fsp3) is 0.250. The van der Waals surface area contributed by atoms with Gasteiger partial charge in [-0.15, -0.1) is 6.58 Å². The van der Waals surface area contributed by atoms with E-state index in [0.29, 0.717) is 29.3 Å². The van der Waals surface area contributed by atoms with Crippen molar-refractivity contribution < 1.29 is 0 Å².